The Labute approximate surface area is 72.5 Å². The van der Waals surface area contributed by atoms with Gasteiger partial charge in [-0.1, -0.05) is 6.07 Å². The van der Waals surface area contributed by atoms with Crippen LogP contribution >= 0.6 is 0 Å². The van der Waals surface area contributed by atoms with Crippen molar-refractivity contribution in [1.29, 1.82) is 0 Å². The van der Waals surface area contributed by atoms with Gasteiger partial charge in [0.1, 0.15) is 5.82 Å². The molecule has 2 N–H and O–H groups in total. The Hall–Kier alpha value is -1.09. The minimum Gasteiger partial charge on any atom is -0.396 e. The number of aliphatic hydroxyl groups is 1. The van der Waals surface area contributed by atoms with E-state index in [4.69, 9.17) is 5.11 Å². The van der Waals surface area contributed by atoms with Crippen molar-refractivity contribution in [3.05, 3.63) is 23.4 Å². The second kappa shape index (κ2) is 4.07. The molecule has 0 radical (unpaired) electrons. The van der Waals surface area contributed by atoms with Gasteiger partial charge in [0.05, 0.1) is 0 Å². The molecule has 0 aliphatic heterocycles. The van der Waals surface area contributed by atoms with Crippen LogP contribution < -0.4 is 5.32 Å². The topological polar surface area (TPSA) is 45.1 Å². The maximum absolute atomic E-state index is 8.73. The van der Waals surface area contributed by atoms with Gasteiger partial charge in [-0.3, -0.25) is 0 Å². The van der Waals surface area contributed by atoms with Gasteiger partial charge in [-0.2, -0.15) is 0 Å². The van der Waals surface area contributed by atoms with E-state index in [0.29, 0.717) is 6.42 Å². The third kappa shape index (κ3) is 1.95. The number of hydrogen-bond acceptors (Lipinski definition) is 3. The van der Waals surface area contributed by atoms with Gasteiger partial charge >= 0.3 is 0 Å². The van der Waals surface area contributed by atoms with Crippen molar-refractivity contribution >= 4 is 5.82 Å². The van der Waals surface area contributed by atoms with E-state index in [0.717, 1.165) is 17.1 Å². The average molecular weight is 166 g/mol. The molecule has 0 amide bonds. The lowest BCUT2D eigenvalue weighted by atomic mass is 10.1. The Morgan fingerprint density at radius 3 is 2.75 bits per heavy atom. The van der Waals surface area contributed by atoms with Gasteiger partial charge in [0.25, 0.3) is 0 Å². The van der Waals surface area contributed by atoms with Crippen LogP contribution in [0.15, 0.2) is 12.1 Å². The molecule has 0 fully saturated rings. The standard InChI is InChI=1S/C9H14N2O/c1-7-8(5-6-12)3-4-9(10-2)11-7/h3-4,12H,5-6H2,1-2H3,(H,10,11). The smallest absolute Gasteiger partial charge is 0.125 e. The molecule has 0 saturated heterocycles. The molecule has 0 saturated carbocycles. The molecule has 0 bridgehead atoms. The maximum atomic E-state index is 8.73. The summed E-state index contributed by atoms with van der Waals surface area (Å²) in [6.45, 7) is 2.13. The second-order valence-corrected chi connectivity index (χ2v) is 2.66. The van der Waals surface area contributed by atoms with Crippen molar-refractivity contribution in [3.8, 4) is 0 Å². The van der Waals surface area contributed by atoms with Crippen LogP contribution in [-0.2, 0) is 6.42 Å². The molecular weight excluding hydrogens is 152 g/mol. The number of aliphatic hydroxyl groups excluding tert-OH is 1. The molecule has 1 aromatic rings. The summed E-state index contributed by atoms with van der Waals surface area (Å²) >= 11 is 0. The molecule has 3 nitrogen and oxygen atoms in total. The maximum Gasteiger partial charge on any atom is 0.125 e. The third-order valence-corrected chi connectivity index (χ3v) is 1.83. The molecule has 66 valence electrons. The summed E-state index contributed by atoms with van der Waals surface area (Å²) in [6.07, 6.45) is 0.683. The van der Waals surface area contributed by atoms with Gasteiger partial charge in [0.2, 0.25) is 0 Å². The van der Waals surface area contributed by atoms with E-state index in [2.05, 4.69) is 10.3 Å². The highest BCUT2D eigenvalue weighted by Crippen LogP contribution is 2.09. The Kier molecular flexibility index (Phi) is 3.05. The Morgan fingerprint density at radius 2 is 2.25 bits per heavy atom. The van der Waals surface area contributed by atoms with E-state index in [9.17, 15) is 0 Å². The van der Waals surface area contributed by atoms with Crippen LogP contribution in [-0.4, -0.2) is 23.7 Å². The molecule has 1 rings (SSSR count). The highest BCUT2D eigenvalue weighted by atomic mass is 16.2. The lowest BCUT2D eigenvalue weighted by molar-refractivity contribution is 0.299. The zero-order valence-corrected chi connectivity index (χ0v) is 7.46. The summed E-state index contributed by atoms with van der Waals surface area (Å²) < 4.78 is 0. The summed E-state index contributed by atoms with van der Waals surface area (Å²) in [7, 11) is 1.84. The molecule has 0 unspecified atom stereocenters. The summed E-state index contributed by atoms with van der Waals surface area (Å²) in [5, 5.41) is 11.7. The quantitative estimate of drug-likeness (QED) is 0.703. The Balaban J connectivity index is 2.87. The number of nitrogens with one attached hydrogen (secondary N) is 1. The molecule has 0 aliphatic rings. The van der Waals surface area contributed by atoms with E-state index in [1.807, 2.05) is 26.1 Å². The SMILES string of the molecule is CNc1ccc(CCO)c(C)n1. The highest BCUT2D eigenvalue weighted by Gasteiger charge is 1.99. The molecule has 12 heavy (non-hydrogen) atoms. The van der Waals surface area contributed by atoms with Gasteiger partial charge in [-0.25, -0.2) is 4.98 Å². The first-order valence-corrected chi connectivity index (χ1v) is 4.03. The Bertz CT molecular complexity index is 261. The number of aryl methyl sites for hydroxylation is 1. The molecule has 3 heteroatoms. The third-order valence-electron chi connectivity index (χ3n) is 1.83. The molecule has 1 aromatic heterocycles. The molecule has 0 atom stereocenters. The largest absolute Gasteiger partial charge is 0.396 e. The Morgan fingerprint density at radius 1 is 1.50 bits per heavy atom. The molecule has 0 spiro atoms. The first-order chi connectivity index (χ1) is 5.77. The van der Waals surface area contributed by atoms with Crippen molar-refractivity contribution < 1.29 is 5.11 Å². The summed E-state index contributed by atoms with van der Waals surface area (Å²) in [6, 6.07) is 3.91. The first-order valence-electron chi connectivity index (χ1n) is 4.03. The lowest BCUT2D eigenvalue weighted by Gasteiger charge is -2.05. The fraction of sp³-hybridized carbons (Fsp3) is 0.444. The van der Waals surface area contributed by atoms with Gasteiger partial charge in [0, 0.05) is 19.3 Å². The fourth-order valence-electron chi connectivity index (χ4n) is 1.11. The van der Waals surface area contributed by atoms with Crippen LogP contribution in [0.1, 0.15) is 11.3 Å². The number of hydrogen-bond donors (Lipinski definition) is 2. The average Bonchev–Trinajstić information content (AvgIpc) is 2.09. The predicted octanol–water partition coefficient (Wildman–Crippen LogP) is 0.967. The van der Waals surface area contributed by atoms with Gasteiger partial charge in [-0.05, 0) is 25.0 Å². The van der Waals surface area contributed by atoms with Crippen LogP contribution in [0, 0.1) is 6.92 Å². The van der Waals surface area contributed by atoms with E-state index >= 15 is 0 Å². The monoisotopic (exact) mass is 166 g/mol. The number of aromatic nitrogens is 1. The van der Waals surface area contributed by atoms with Crippen molar-refractivity contribution in [2.75, 3.05) is 19.0 Å². The highest BCUT2D eigenvalue weighted by molar-refractivity contribution is 5.37. The number of anilines is 1. The summed E-state index contributed by atoms with van der Waals surface area (Å²) in [5.41, 5.74) is 2.09. The molecule has 0 aliphatic carbocycles. The first kappa shape index (κ1) is 9.00. The van der Waals surface area contributed by atoms with Crippen LogP contribution in [0.3, 0.4) is 0 Å². The van der Waals surface area contributed by atoms with E-state index in [1.54, 1.807) is 0 Å². The zero-order chi connectivity index (χ0) is 8.97. The number of nitrogens with zero attached hydrogens (tertiary/aromatic N) is 1. The van der Waals surface area contributed by atoms with E-state index < -0.39 is 0 Å². The van der Waals surface area contributed by atoms with Crippen molar-refractivity contribution in [2.24, 2.45) is 0 Å². The molecular formula is C9H14N2O. The van der Waals surface area contributed by atoms with Crippen molar-refractivity contribution in [2.45, 2.75) is 13.3 Å². The molecule has 1 heterocycles. The van der Waals surface area contributed by atoms with Gasteiger partial charge in [0.15, 0.2) is 0 Å². The van der Waals surface area contributed by atoms with Crippen LogP contribution in [0.4, 0.5) is 5.82 Å². The van der Waals surface area contributed by atoms with Crippen LogP contribution in [0.5, 0.6) is 0 Å². The number of pyridine rings is 1. The second-order valence-electron chi connectivity index (χ2n) is 2.66. The number of rotatable bonds is 3. The van der Waals surface area contributed by atoms with Gasteiger partial charge < -0.3 is 10.4 Å². The van der Waals surface area contributed by atoms with Crippen LogP contribution in [0.25, 0.3) is 0 Å². The van der Waals surface area contributed by atoms with Crippen molar-refractivity contribution in [3.63, 3.8) is 0 Å². The normalized spacial score (nSPS) is 9.92. The fourth-order valence-corrected chi connectivity index (χ4v) is 1.11. The van der Waals surface area contributed by atoms with Crippen molar-refractivity contribution in [1.82, 2.24) is 4.98 Å². The van der Waals surface area contributed by atoms with E-state index in [1.165, 1.54) is 0 Å². The lowest BCUT2D eigenvalue weighted by Crippen LogP contribution is -1.99. The zero-order valence-electron chi connectivity index (χ0n) is 7.46. The predicted molar refractivity (Wildman–Crippen MR) is 49.3 cm³/mol. The minimum atomic E-state index is 0.182. The van der Waals surface area contributed by atoms with E-state index in [-0.39, 0.29) is 6.61 Å². The van der Waals surface area contributed by atoms with Crippen LogP contribution in [0.2, 0.25) is 0 Å². The summed E-state index contributed by atoms with van der Waals surface area (Å²) in [4.78, 5) is 4.29. The minimum absolute atomic E-state index is 0.182. The summed E-state index contributed by atoms with van der Waals surface area (Å²) in [5.74, 6) is 0.870. The van der Waals surface area contributed by atoms with Gasteiger partial charge in [-0.15, -0.1) is 0 Å². The molecule has 0 aromatic carbocycles.